The Labute approximate surface area is 59.9 Å². The third kappa shape index (κ3) is 6.94. The topological polar surface area (TPSA) is 61.7 Å². The van der Waals surface area contributed by atoms with Gasteiger partial charge in [-0.3, -0.25) is 0 Å². The van der Waals surface area contributed by atoms with Crippen LogP contribution >= 0.6 is 0 Å². The van der Waals surface area contributed by atoms with E-state index in [4.69, 9.17) is 5.11 Å². The van der Waals surface area contributed by atoms with Crippen molar-refractivity contribution in [2.75, 3.05) is 0 Å². The Morgan fingerprint density at radius 2 is 2.10 bits per heavy atom. The smallest absolute Gasteiger partial charge is 0.425 e. The molecule has 0 aromatic rings. The number of carbonyl (C=O) groups is 1. The minimum Gasteiger partial charge on any atom is -0.464 e. The predicted octanol–water partition coefficient (Wildman–Crippen LogP) is 1.29. The Hall–Kier alpha value is -1.06. The molecule has 0 aromatic heterocycles. The lowest BCUT2D eigenvalue weighted by molar-refractivity contribution is 0.195. The zero-order valence-electron chi connectivity index (χ0n) is 6.38. The molecular formula is C6H12N2O2. The highest BCUT2D eigenvalue weighted by Gasteiger charge is 2.04. The van der Waals surface area contributed by atoms with E-state index in [-0.39, 0.29) is 5.41 Å². The van der Waals surface area contributed by atoms with Crippen LogP contribution in [-0.2, 0) is 0 Å². The molecule has 0 rings (SSSR count). The lowest BCUT2D eigenvalue weighted by Crippen LogP contribution is -2.16. The van der Waals surface area contributed by atoms with Gasteiger partial charge in [0.2, 0.25) is 0 Å². The van der Waals surface area contributed by atoms with Gasteiger partial charge in [-0.2, -0.15) is 5.10 Å². The number of hydrogen-bond donors (Lipinski definition) is 2. The van der Waals surface area contributed by atoms with E-state index in [1.165, 1.54) is 0 Å². The summed E-state index contributed by atoms with van der Waals surface area (Å²) in [7, 11) is 0. The van der Waals surface area contributed by atoms with Crippen molar-refractivity contribution >= 4 is 12.3 Å². The number of carboxylic acid groups (broad SMARTS) is 1. The van der Waals surface area contributed by atoms with Gasteiger partial charge in [0.15, 0.2) is 0 Å². The van der Waals surface area contributed by atoms with Crippen LogP contribution in [0.3, 0.4) is 0 Å². The highest BCUT2D eigenvalue weighted by molar-refractivity contribution is 5.69. The van der Waals surface area contributed by atoms with Gasteiger partial charge in [0.05, 0.1) is 0 Å². The van der Waals surface area contributed by atoms with E-state index in [9.17, 15) is 4.79 Å². The van der Waals surface area contributed by atoms with Gasteiger partial charge in [-0.05, 0) is 5.41 Å². The second-order valence-electron chi connectivity index (χ2n) is 3.04. The molecule has 10 heavy (non-hydrogen) atoms. The minimum absolute atomic E-state index is 0.0809. The van der Waals surface area contributed by atoms with Gasteiger partial charge in [-0.25, -0.2) is 10.2 Å². The minimum atomic E-state index is -1.14. The summed E-state index contributed by atoms with van der Waals surface area (Å²) in [5.41, 5.74) is 1.81. The van der Waals surface area contributed by atoms with Gasteiger partial charge >= 0.3 is 6.09 Å². The van der Waals surface area contributed by atoms with Crippen molar-refractivity contribution in [2.24, 2.45) is 10.5 Å². The summed E-state index contributed by atoms with van der Waals surface area (Å²) in [6.07, 6.45) is 0.404. The average molecular weight is 144 g/mol. The molecule has 0 aliphatic heterocycles. The highest BCUT2D eigenvalue weighted by atomic mass is 16.4. The Bertz CT molecular complexity index is 146. The summed E-state index contributed by atoms with van der Waals surface area (Å²) in [5.74, 6) is 0. The van der Waals surface area contributed by atoms with Crippen molar-refractivity contribution in [1.82, 2.24) is 5.43 Å². The van der Waals surface area contributed by atoms with Gasteiger partial charge in [-0.15, -0.1) is 0 Å². The van der Waals surface area contributed by atoms with Gasteiger partial charge in [0.1, 0.15) is 0 Å². The van der Waals surface area contributed by atoms with E-state index < -0.39 is 6.09 Å². The van der Waals surface area contributed by atoms with E-state index in [1.54, 1.807) is 6.21 Å². The van der Waals surface area contributed by atoms with Gasteiger partial charge in [-0.1, -0.05) is 20.8 Å². The van der Waals surface area contributed by atoms with Crippen molar-refractivity contribution in [1.29, 1.82) is 0 Å². The molecule has 0 aliphatic carbocycles. The Morgan fingerprint density at radius 1 is 1.60 bits per heavy atom. The molecule has 0 atom stereocenters. The highest BCUT2D eigenvalue weighted by Crippen LogP contribution is 2.07. The lowest BCUT2D eigenvalue weighted by Gasteiger charge is -2.08. The summed E-state index contributed by atoms with van der Waals surface area (Å²) in [6, 6.07) is 0. The molecule has 2 N–H and O–H groups in total. The van der Waals surface area contributed by atoms with Gasteiger partial charge in [0, 0.05) is 6.21 Å². The summed E-state index contributed by atoms with van der Waals surface area (Å²) in [4.78, 5) is 9.86. The average Bonchev–Trinajstić information content (AvgIpc) is 1.59. The number of nitrogens with zero attached hydrogens (tertiary/aromatic N) is 1. The van der Waals surface area contributed by atoms with Crippen LogP contribution in [0.2, 0.25) is 0 Å². The second kappa shape index (κ2) is 3.20. The molecule has 0 aromatic carbocycles. The Morgan fingerprint density at radius 3 is 2.40 bits per heavy atom. The first-order valence-corrected chi connectivity index (χ1v) is 2.95. The zero-order chi connectivity index (χ0) is 8.20. The summed E-state index contributed by atoms with van der Waals surface area (Å²) in [5, 5.41) is 11.6. The molecule has 4 heteroatoms. The molecule has 4 nitrogen and oxygen atoms in total. The van der Waals surface area contributed by atoms with Crippen LogP contribution < -0.4 is 5.43 Å². The predicted molar refractivity (Wildman–Crippen MR) is 39.1 cm³/mol. The summed E-state index contributed by atoms with van der Waals surface area (Å²) < 4.78 is 0. The SMILES string of the molecule is CC(C)(C)/C=N/NC(=O)O. The van der Waals surface area contributed by atoms with Crippen LogP contribution in [0.15, 0.2) is 5.10 Å². The first-order valence-electron chi connectivity index (χ1n) is 2.95. The van der Waals surface area contributed by atoms with E-state index in [1.807, 2.05) is 26.2 Å². The van der Waals surface area contributed by atoms with Crippen molar-refractivity contribution in [3.05, 3.63) is 0 Å². The molecule has 0 saturated heterocycles. The number of nitrogens with one attached hydrogen (secondary N) is 1. The molecule has 0 unspecified atom stereocenters. The Balaban J connectivity index is 3.67. The van der Waals surface area contributed by atoms with Crippen LogP contribution in [0.1, 0.15) is 20.8 Å². The molecule has 0 bridgehead atoms. The monoisotopic (exact) mass is 144 g/mol. The van der Waals surface area contributed by atoms with E-state index >= 15 is 0 Å². The first kappa shape index (κ1) is 8.94. The fourth-order valence-electron chi connectivity index (χ4n) is 0.281. The second-order valence-corrected chi connectivity index (χ2v) is 3.04. The molecule has 58 valence electrons. The summed E-state index contributed by atoms with van der Waals surface area (Å²) in [6.45, 7) is 5.79. The standard InChI is InChI=1S/C6H12N2O2/c1-6(2,3)4-7-8-5(9)10/h4,8H,1-3H3,(H,9,10)/b7-4+. The van der Waals surface area contributed by atoms with Crippen molar-refractivity contribution < 1.29 is 9.90 Å². The third-order valence-corrected chi connectivity index (χ3v) is 0.612. The lowest BCUT2D eigenvalue weighted by atomic mass is 9.99. The number of hydrazone groups is 1. The molecule has 0 saturated carbocycles. The largest absolute Gasteiger partial charge is 0.464 e. The van der Waals surface area contributed by atoms with Crippen LogP contribution in [0.4, 0.5) is 4.79 Å². The molecule has 0 fully saturated rings. The van der Waals surface area contributed by atoms with Crippen molar-refractivity contribution in [2.45, 2.75) is 20.8 Å². The summed E-state index contributed by atoms with van der Waals surface area (Å²) >= 11 is 0. The quantitative estimate of drug-likeness (QED) is 0.430. The fraction of sp³-hybridized carbons (Fsp3) is 0.667. The molecule has 0 heterocycles. The van der Waals surface area contributed by atoms with Crippen LogP contribution in [-0.4, -0.2) is 17.4 Å². The van der Waals surface area contributed by atoms with E-state index in [2.05, 4.69) is 5.10 Å². The zero-order valence-corrected chi connectivity index (χ0v) is 6.38. The fourth-order valence-corrected chi connectivity index (χ4v) is 0.281. The molecule has 0 spiro atoms. The van der Waals surface area contributed by atoms with Crippen LogP contribution in [0, 0.1) is 5.41 Å². The maximum atomic E-state index is 9.86. The Kier molecular flexibility index (Phi) is 2.86. The molecule has 0 aliphatic rings. The first-order chi connectivity index (χ1) is 4.42. The molecule has 0 radical (unpaired) electrons. The van der Waals surface area contributed by atoms with Crippen molar-refractivity contribution in [3.8, 4) is 0 Å². The normalized spacial score (nSPS) is 11.9. The van der Waals surface area contributed by atoms with Crippen LogP contribution in [0.5, 0.6) is 0 Å². The van der Waals surface area contributed by atoms with E-state index in [0.717, 1.165) is 0 Å². The number of rotatable bonds is 1. The third-order valence-electron chi connectivity index (χ3n) is 0.612. The van der Waals surface area contributed by atoms with Crippen molar-refractivity contribution in [3.63, 3.8) is 0 Å². The molecule has 1 amide bonds. The van der Waals surface area contributed by atoms with E-state index in [0.29, 0.717) is 0 Å². The van der Waals surface area contributed by atoms with Crippen LogP contribution in [0.25, 0.3) is 0 Å². The molecular weight excluding hydrogens is 132 g/mol. The maximum Gasteiger partial charge on any atom is 0.425 e. The maximum absolute atomic E-state index is 9.86. The van der Waals surface area contributed by atoms with Gasteiger partial charge in [0.25, 0.3) is 0 Å². The van der Waals surface area contributed by atoms with Gasteiger partial charge < -0.3 is 5.11 Å². The number of hydrogen-bond acceptors (Lipinski definition) is 2. The number of amides is 1.